The van der Waals surface area contributed by atoms with Crippen LogP contribution in [0, 0.1) is 13.8 Å². The Labute approximate surface area is 158 Å². The van der Waals surface area contributed by atoms with Crippen LogP contribution in [0.2, 0.25) is 0 Å². The molecule has 5 nitrogen and oxygen atoms in total. The zero-order valence-electron chi connectivity index (χ0n) is 15.0. The fraction of sp³-hybridized carbons (Fsp3) is 0.421. The smallest absolute Gasteiger partial charge is 0.233 e. The summed E-state index contributed by atoms with van der Waals surface area (Å²) in [5, 5.41) is 0. The molecule has 2 aromatic rings. The molecule has 1 aromatic heterocycles. The first-order valence-corrected chi connectivity index (χ1v) is 11.4. The molecule has 1 unspecified atom stereocenters. The molecule has 3 rings (SSSR count). The fourth-order valence-electron chi connectivity index (χ4n) is 3.20. The summed E-state index contributed by atoms with van der Waals surface area (Å²) in [5.41, 5.74) is 2.33. The van der Waals surface area contributed by atoms with Crippen LogP contribution >= 0.6 is 11.8 Å². The molecule has 1 amide bonds. The second-order valence-electron chi connectivity index (χ2n) is 6.72. The van der Waals surface area contributed by atoms with E-state index in [0.717, 1.165) is 10.5 Å². The summed E-state index contributed by atoms with van der Waals surface area (Å²) in [6, 6.07) is 9.45. The number of rotatable bonds is 6. The van der Waals surface area contributed by atoms with Gasteiger partial charge in [0.15, 0.2) is 9.84 Å². The van der Waals surface area contributed by atoms with Crippen molar-refractivity contribution in [2.45, 2.75) is 37.8 Å². The van der Waals surface area contributed by atoms with Gasteiger partial charge in [0.1, 0.15) is 5.76 Å². The molecule has 26 heavy (non-hydrogen) atoms. The average molecular weight is 394 g/mol. The van der Waals surface area contributed by atoms with Crippen LogP contribution in [0.3, 0.4) is 0 Å². The summed E-state index contributed by atoms with van der Waals surface area (Å²) < 4.78 is 29.1. The predicted molar refractivity (Wildman–Crippen MR) is 103 cm³/mol. The van der Waals surface area contributed by atoms with E-state index in [1.807, 2.05) is 26.0 Å². The van der Waals surface area contributed by atoms with Crippen LogP contribution in [0.4, 0.5) is 0 Å². The van der Waals surface area contributed by atoms with E-state index in [4.69, 9.17) is 4.42 Å². The number of hydrogen-bond acceptors (Lipinski definition) is 5. The Morgan fingerprint density at radius 1 is 1.31 bits per heavy atom. The van der Waals surface area contributed by atoms with Gasteiger partial charge >= 0.3 is 0 Å². The summed E-state index contributed by atoms with van der Waals surface area (Å²) in [4.78, 5) is 15.6. The number of benzene rings is 1. The molecule has 1 aliphatic heterocycles. The molecular formula is C19H23NO4S2. The lowest BCUT2D eigenvalue weighted by Gasteiger charge is -2.27. The number of carbonyl (C=O) groups is 1. The Bertz CT molecular complexity index is 875. The van der Waals surface area contributed by atoms with Crippen molar-refractivity contribution in [3.05, 3.63) is 53.5 Å². The van der Waals surface area contributed by atoms with Gasteiger partial charge in [0.2, 0.25) is 5.91 Å². The number of aryl methyl sites for hydroxylation is 2. The third kappa shape index (κ3) is 4.71. The lowest BCUT2D eigenvalue weighted by molar-refractivity contribution is -0.131. The molecule has 0 bridgehead atoms. The SMILES string of the molecule is Cc1ccc(SCC(=O)N(Cc2ccco2)C2CCS(=O)(=O)C2)c(C)c1. The second kappa shape index (κ2) is 7.88. The van der Waals surface area contributed by atoms with E-state index in [9.17, 15) is 13.2 Å². The number of nitrogens with zero attached hydrogens (tertiary/aromatic N) is 1. The molecule has 1 fully saturated rings. The standard InChI is InChI=1S/C19H23NO4S2/c1-14-5-6-18(15(2)10-14)25-12-19(21)20(11-17-4-3-8-24-17)16-7-9-26(22,23)13-16/h3-6,8,10,16H,7,9,11-13H2,1-2H3. The minimum absolute atomic E-state index is 0.0354. The van der Waals surface area contributed by atoms with Crippen LogP contribution in [0.15, 0.2) is 45.9 Å². The van der Waals surface area contributed by atoms with Crippen LogP contribution in [0.5, 0.6) is 0 Å². The van der Waals surface area contributed by atoms with Gasteiger partial charge in [0.05, 0.1) is 30.1 Å². The summed E-state index contributed by atoms with van der Waals surface area (Å²) in [6.45, 7) is 4.38. The molecule has 2 heterocycles. The van der Waals surface area contributed by atoms with Crippen molar-refractivity contribution in [3.8, 4) is 0 Å². The maximum atomic E-state index is 12.9. The summed E-state index contributed by atoms with van der Waals surface area (Å²) in [7, 11) is -3.06. The van der Waals surface area contributed by atoms with Crippen molar-refractivity contribution in [2.24, 2.45) is 0 Å². The van der Waals surface area contributed by atoms with Crippen LogP contribution in [0.25, 0.3) is 0 Å². The van der Waals surface area contributed by atoms with Gasteiger partial charge in [-0.2, -0.15) is 0 Å². The third-order valence-electron chi connectivity index (χ3n) is 4.56. The largest absolute Gasteiger partial charge is 0.467 e. The van der Waals surface area contributed by atoms with Crippen molar-refractivity contribution < 1.29 is 17.6 Å². The number of thioether (sulfide) groups is 1. The highest BCUT2D eigenvalue weighted by Crippen LogP contribution is 2.26. The van der Waals surface area contributed by atoms with Crippen LogP contribution in [0.1, 0.15) is 23.3 Å². The molecule has 1 aromatic carbocycles. The molecule has 140 valence electrons. The quantitative estimate of drug-likeness (QED) is 0.705. The lowest BCUT2D eigenvalue weighted by atomic mass is 10.2. The fourth-order valence-corrected chi connectivity index (χ4v) is 5.82. The van der Waals surface area contributed by atoms with Crippen molar-refractivity contribution >= 4 is 27.5 Å². The highest BCUT2D eigenvalue weighted by molar-refractivity contribution is 8.00. The predicted octanol–water partition coefficient (Wildman–Crippen LogP) is 3.20. The first-order valence-electron chi connectivity index (χ1n) is 8.56. The van der Waals surface area contributed by atoms with E-state index >= 15 is 0 Å². The van der Waals surface area contributed by atoms with Crippen molar-refractivity contribution in [1.82, 2.24) is 4.90 Å². The first-order chi connectivity index (χ1) is 12.3. The van der Waals surface area contributed by atoms with E-state index < -0.39 is 9.84 Å². The monoisotopic (exact) mass is 393 g/mol. The number of furan rings is 1. The van der Waals surface area contributed by atoms with Gasteiger partial charge in [-0.25, -0.2) is 8.42 Å². The van der Waals surface area contributed by atoms with Gasteiger partial charge in [0.25, 0.3) is 0 Å². The van der Waals surface area contributed by atoms with Crippen molar-refractivity contribution in [2.75, 3.05) is 17.3 Å². The van der Waals surface area contributed by atoms with Crippen LogP contribution < -0.4 is 0 Å². The van der Waals surface area contributed by atoms with Crippen LogP contribution in [-0.4, -0.2) is 42.5 Å². The molecule has 1 atom stereocenters. The van der Waals surface area contributed by atoms with E-state index in [1.165, 1.54) is 17.3 Å². The maximum Gasteiger partial charge on any atom is 0.233 e. The topological polar surface area (TPSA) is 67.6 Å². The highest BCUT2D eigenvalue weighted by Gasteiger charge is 2.35. The number of amides is 1. The van der Waals surface area contributed by atoms with Gasteiger partial charge in [-0.05, 0) is 44.0 Å². The van der Waals surface area contributed by atoms with E-state index in [-0.39, 0.29) is 29.2 Å². The molecule has 0 N–H and O–H groups in total. The zero-order chi connectivity index (χ0) is 18.7. The van der Waals surface area contributed by atoms with E-state index in [0.29, 0.717) is 18.7 Å². The maximum absolute atomic E-state index is 12.9. The van der Waals surface area contributed by atoms with E-state index in [2.05, 4.69) is 6.07 Å². The van der Waals surface area contributed by atoms with Crippen molar-refractivity contribution in [1.29, 1.82) is 0 Å². The van der Waals surface area contributed by atoms with E-state index in [1.54, 1.807) is 23.3 Å². The Morgan fingerprint density at radius 2 is 2.12 bits per heavy atom. The molecular weight excluding hydrogens is 370 g/mol. The Kier molecular flexibility index (Phi) is 5.77. The molecule has 1 aliphatic rings. The Hall–Kier alpha value is -1.73. The summed E-state index contributed by atoms with van der Waals surface area (Å²) >= 11 is 1.49. The Morgan fingerprint density at radius 3 is 2.73 bits per heavy atom. The summed E-state index contributed by atoms with van der Waals surface area (Å²) in [5.74, 6) is 1.06. The molecule has 0 spiro atoms. The molecule has 1 saturated heterocycles. The summed E-state index contributed by atoms with van der Waals surface area (Å²) in [6.07, 6.45) is 2.05. The zero-order valence-corrected chi connectivity index (χ0v) is 16.6. The third-order valence-corrected chi connectivity index (χ3v) is 7.47. The minimum Gasteiger partial charge on any atom is -0.467 e. The van der Waals surface area contributed by atoms with Gasteiger partial charge in [-0.3, -0.25) is 4.79 Å². The highest BCUT2D eigenvalue weighted by atomic mass is 32.2. The van der Waals surface area contributed by atoms with Gasteiger partial charge in [0, 0.05) is 10.9 Å². The van der Waals surface area contributed by atoms with Gasteiger partial charge in [-0.15, -0.1) is 11.8 Å². The number of carbonyl (C=O) groups excluding carboxylic acids is 1. The average Bonchev–Trinajstić information content (AvgIpc) is 3.20. The lowest BCUT2D eigenvalue weighted by Crippen LogP contribution is -2.41. The van der Waals surface area contributed by atoms with Crippen LogP contribution in [-0.2, 0) is 21.2 Å². The molecule has 7 heteroatoms. The number of sulfone groups is 1. The first kappa shape index (κ1) is 19.0. The molecule has 0 radical (unpaired) electrons. The normalized spacial score (nSPS) is 18.8. The van der Waals surface area contributed by atoms with Gasteiger partial charge in [-0.1, -0.05) is 17.7 Å². The minimum atomic E-state index is -3.06. The number of hydrogen-bond donors (Lipinski definition) is 0. The molecule has 0 aliphatic carbocycles. The molecule has 0 saturated carbocycles. The van der Waals surface area contributed by atoms with Crippen molar-refractivity contribution in [3.63, 3.8) is 0 Å². The second-order valence-corrected chi connectivity index (χ2v) is 9.96. The Balaban J connectivity index is 1.71. The van der Waals surface area contributed by atoms with Gasteiger partial charge < -0.3 is 9.32 Å².